The number of aryl methyl sites for hydroxylation is 1. The number of hydrogen-bond donors (Lipinski definition) is 1. The van der Waals surface area contributed by atoms with Gasteiger partial charge in [-0.2, -0.15) is 0 Å². The fourth-order valence-corrected chi connectivity index (χ4v) is 1.70. The van der Waals surface area contributed by atoms with E-state index in [-0.39, 0.29) is 11.9 Å². The molecule has 0 spiro atoms. The Morgan fingerprint density at radius 1 is 1.33 bits per heavy atom. The minimum absolute atomic E-state index is 0.0260. The van der Waals surface area contributed by atoms with E-state index in [1.807, 2.05) is 39.0 Å². The number of amides is 1. The van der Waals surface area contributed by atoms with Gasteiger partial charge in [0.15, 0.2) is 0 Å². The normalized spacial score (nSPS) is 13.1. The molecule has 3 heteroatoms. The Bertz CT molecular complexity index is 375. The third-order valence-corrected chi connectivity index (χ3v) is 3.70. The van der Waals surface area contributed by atoms with E-state index in [0.717, 1.165) is 12.8 Å². The van der Waals surface area contributed by atoms with E-state index in [9.17, 15) is 4.79 Å². The monoisotopic (exact) mass is 267 g/mol. The van der Waals surface area contributed by atoms with E-state index in [4.69, 9.17) is 11.6 Å². The van der Waals surface area contributed by atoms with Crippen molar-refractivity contribution >= 4 is 17.5 Å². The zero-order chi connectivity index (χ0) is 13.6. The third-order valence-electron chi connectivity index (χ3n) is 3.04. The van der Waals surface area contributed by atoms with Gasteiger partial charge >= 0.3 is 0 Å². The van der Waals surface area contributed by atoms with E-state index in [1.54, 1.807) is 0 Å². The highest BCUT2D eigenvalue weighted by molar-refractivity contribution is 6.19. The van der Waals surface area contributed by atoms with Crippen molar-refractivity contribution in [3.63, 3.8) is 0 Å². The lowest BCUT2D eigenvalue weighted by molar-refractivity contribution is -0.128. The first-order chi connectivity index (χ1) is 8.45. The van der Waals surface area contributed by atoms with Gasteiger partial charge in [0.2, 0.25) is 5.91 Å². The molecule has 0 aliphatic heterocycles. The molecule has 0 aliphatic carbocycles. The largest absolute Gasteiger partial charge is 0.353 e. The number of carbonyl (C=O) groups excluding carboxylic acids is 1. The molecule has 1 aromatic rings. The van der Waals surface area contributed by atoms with Gasteiger partial charge in [0.05, 0.1) is 5.41 Å². The number of rotatable bonds is 6. The average Bonchev–Trinajstić information content (AvgIpc) is 2.37. The van der Waals surface area contributed by atoms with E-state index in [0.29, 0.717) is 5.88 Å². The minimum atomic E-state index is -0.497. The highest BCUT2D eigenvalue weighted by Crippen LogP contribution is 2.17. The molecule has 18 heavy (non-hydrogen) atoms. The molecule has 1 atom stereocenters. The SMILES string of the molecule is CC(CCc1ccccc1)NC(=O)C(C)(C)CCl. The summed E-state index contributed by atoms with van der Waals surface area (Å²) in [5.41, 5.74) is 0.804. The van der Waals surface area contributed by atoms with Crippen LogP contribution in [0.15, 0.2) is 30.3 Å². The molecule has 1 aromatic carbocycles. The number of alkyl halides is 1. The van der Waals surface area contributed by atoms with Crippen LogP contribution < -0.4 is 5.32 Å². The summed E-state index contributed by atoms with van der Waals surface area (Å²) in [5, 5.41) is 3.02. The first kappa shape index (κ1) is 15.0. The topological polar surface area (TPSA) is 29.1 Å². The van der Waals surface area contributed by atoms with Crippen molar-refractivity contribution in [2.75, 3.05) is 5.88 Å². The van der Waals surface area contributed by atoms with Crippen LogP contribution in [-0.2, 0) is 11.2 Å². The predicted molar refractivity (Wildman–Crippen MR) is 76.9 cm³/mol. The van der Waals surface area contributed by atoms with Crippen molar-refractivity contribution < 1.29 is 4.79 Å². The molecule has 2 nitrogen and oxygen atoms in total. The molecule has 1 amide bonds. The summed E-state index contributed by atoms with van der Waals surface area (Å²) < 4.78 is 0. The van der Waals surface area contributed by atoms with Crippen LogP contribution in [-0.4, -0.2) is 17.8 Å². The summed E-state index contributed by atoms with van der Waals surface area (Å²) in [7, 11) is 0. The highest BCUT2D eigenvalue weighted by Gasteiger charge is 2.27. The molecule has 0 aromatic heterocycles. The second-order valence-corrected chi connectivity index (χ2v) is 5.68. The second kappa shape index (κ2) is 6.79. The average molecular weight is 268 g/mol. The van der Waals surface area contributed by atoms with Crippen LogP contribution in [0.5, 0.6) is 0 Å². The Labute approximate surface area is 115 Å². The number of benzene rings is 1. The molecule has 0 saturated carbocycles. The fourth-order valence-electron chi connectivity index (χ4n) is 1.58. The lowest BCUT2D eigenvalue weighted by atomic mass is 9.94. The van der Waals surface area contributed by atoms with Crippen molar-refractivity contribution in [2.24, 2.45) is 5.41 Å². The van der Waals surface area contributed by atoms with Crippen LogP contribution in [0.25, 0.3) is 0 Å². The predicted octanol–water partition coefficient (Wildman–Crippen LogP) is 3.39. The maximum atomic E-state index is 11.9. The first-order valence-electron chi connectivity index (χ1n) is 6.36. The van der Waals surface area contributed by atoms with Gasteiger partial charge in [-0.05, 0) is 39.2 Å². The van der Waals surface area contributed by atoms with E-state index < -0.39 is 5.41 Å². The maximum Gasteiger partial charge on any atom is 0.227 e. The van der Waals surface area contributed by atoms with Crippen LogP contribution in [0.1, 0.15) is 32.8 Å². The highest BCUT2D eigenvalue weighted by atomic mass is 35.5. The lowest BCUT2D eigenvalue weighted by Gasteiger charge is -2.23. The van der Waals surface area contributed by atoms with Gasteiger partial charge in [-0.25, -0.2) is 0 Å². The number of halogens is 1. The second-order valence-electron chi connectivity index (χ2n) is 5.42. The minimum Gasteiger partial charge on any atom is -0.353 e. The summed E-state index contributed by atoms with van der Waals surface area (Å²) in [5.74, 6) is 0.364. The number of hydrogen-bond acceptors (Lipinski definition) is 1. The fraction of sp³-hybridized carbons (Fsp3) is 0.533. The lowest BCUT2D eigenvalue weighted by Crippen LogP contribution is -2.42. The van der Waals surface area contributed by atoms with Gasteiger partial charge in [-0.1, -0.05) is 30.3 Å². The molecule has 0 fully saturated rings. The van der Waals surface area contributed by atoms with Crippen LogP contribution in [0, 0.1) is 5.41 Å². The molecular weight excluding hydrogens is 246 g/mol. The van der Waals surface area contributed by atoms with Crippen molar-refractivity contribution in [3.8, 4) is 0 Å². The van der Waals surface area contributed by atoms with Gasteiger partial charge in [0.1, 0.15) is 0 Å². The Kier molecular flexibility index (Phi) is 5.67. The van der Waals surface area contributed by atoms with Crippen molar-refractivity contribution in [1.29, 1.82) is 0 Å². The maximum absolute atomic E-state index is 11.9. The van der Waals surface area contributed by atoms with Gasteiger partial charge in [0.25, 0.3) is 0 Å². The van der Waals surface area contributed by atoms with Gasteiger partial charge in [-0.3, -0.25) is 4.79 Å². The molecular formula is C15H22ClNO. The zero-order valence-corrected chi connectivity index (χ0v) is 12.1. The Hall–Kier alpha value is -1.02. The summed E-state index contributed by atoms with van der Waals surface area (Å²) in [4.78, 5) is 11.9. The van der Waals surface area contributed by atoms with Gasteiger partial charge < -0.3 is 5.32 Å². The third kappa shape index (κ3) is 4.69. The molecule has 0 bridgehead atoms. The summed E-state index contributed by atoms with van der Waals surface area (Å²) >= 11 is 5.78. The van der Waals surface area contributed by atoms with Crippen LogP contribution in [0.4, 0.5) is 0 Å². The summed E-state index contributed by atoms with van der Waals surface area (Å²) in [6.07, 6.45) is 1.91. The molecule has 0 saturated heterocycles. The van der Waals surface area contributed by atoms with E-state index in [2.05, 4.69) is 17.4 Å². The van der Waals surface area contributed by atoms with Gasteiger partial charge in [0, 0.05) is 11.9 Å². The molecule has 1 N–H and O–H groups in total. The molecule has 0 aliphatic rings. The number of carbonyl (C=O) groups is 1. The van der Waals surface area contributed by atoms with E-state index in [1.165, 1.54) is 5.56 Å². The molecule has 0 radical (unpaired) electrons. The Balaban J connectivity index is 2.38. The van der Waals surface area contributed by atoms with Crippen molar-refractivity contribution in [3.05, 3.63) is 35.9 Å². The standard InChI is InChI=1S/C15H22ClNO/c1-12(17-14(18)15(2,3)11-16)9-10-13-7-5-4-6-8-13/h4-8,12H,9-11H2,1-3H3,(H,17,18). The van der Waals surface area contributed by atoms with Crippen LogP contribution in [0.3, 0.4) is 0 Å². The molecule has 100 valence electrons. The van der Waals surface area contributed by atoms with E-state index >= 15 is 0 Å². The van der Waals surface area contributed by atoms with Gasteiger partial charge in [-0.15, -0.1) is 11.6 Å². The Morgan fingerprint density at radius 2 is 1.94 bits per heavy atom. The zero-order valence-electron chi connectivity index (χ0n) is 11.4. The Morgan fingerprint density at radius 3 is 2.50 bits per heavy atom. The number of nitrogens with one attached hydrogen (secondary N) is 1. The quantitative estimate of drug-likeness (QED) is 0.787. The summed E-state index contributed by atoms with van der Waals surface area (Å²) in [6, 6.07) is 10.5. The van der Waals surface area contributed by atoms with Crippen molar-refractivity contribution in [2.45, 2.75) is 39.7 Å². The molecule has 0 heterocycles. The molecule has 1 unspecified atom stereocenters. The smallest absolute Gasteiger partial charge is 0.227 e. The van der Waals surface area contributed by atoms with Crippen molar-refractivity contribution in [1.82, 2.24) is 5.32 Å². The first-order valence-corrected chi connectivity index (χ1v) is 6.90. The summed E-state index contributed by atoms with van der Waals surface area (Å²) in [6.45, 7) is 5.75. The van der Waals surface area contributed by atoms with Crippen LogP contribution >= 0.6 is 11.6 Å². The molecule has 1 rings (SSSR count). The van der Waals surface area contributed by atoms with Crippen LogP contribution in [0.2, 0.25) is 0 Å².